The number of hydrogen-bond acceptors (Lipinski definition) is 6. The topological polar surface area (TPSA) is 74.6 Å². The van der Waals surface area contributed by atoms with Crippen LogP contribution in [0.1, 0.15) is 57.8 Å². The Labute approximate surface area is 205 Å². The number of allylic oxidation sites excluding steroid dienone is 1. The number of fused-ring (bicyclic) bond motifs is 1. The van der Waals surface area contributed by atoms with E-state index in [4.69, 9.17) is 10.1 Å². The number of anilines is 2. The van der Waals surface area contributed by atoms with Crippen LogP contribution >= 0.6 is 11.3 Å². The fraction of sp³-hybridized carbons (Fsp3) is 0.500. The van der Waals surface area contributed by atoms with Gasteiger partial charge in [0.1, 0.15) is 5.69 Å². The van der Waals surface area contributed by atoms with Gasteiger partial charge in [-0.3, -0.25) is 4.79 Å². The molecule has 2 aliphatic rings. The van der Waals surface area contributed by atoms with Crippen LogP contribution < -0.4 is 15.5 Å². The molecule has 0 atom stereocenters. The summed E-state index contributed by atoms with van der Waals surface area (Å²) in [4.78, 5) is 20.2. The number of likely N-dealkylation sites (N-methyl/N-ethyl adjacent to an activating group) is 1. The predicted octanol–water partition coefficient (Wildman–Crippen LogP) is 5.26. The van der Waals surface area contributed by atoms with Crippen LogP contribution in [0.15, 0.2) is 42.0 Å². The number of nitrogens with zero attached hydrogens (tertiary/aromatic N) is 4. The molecule has 0 saturated heterocycles. The van der Waals surface area contributed by atoms with Crippen molar-refractivity contribution in [3.05, 3.63) is 42.0 Å². The summed E-state index contributed by atoms with van der Waals surface area (Å²) in [6, 6.07) is 10.7. The van der Waals surface area contributed by atoms with Crippen molar-refractivity contribution in [3.8, 4) is 11.3 Å². The number of carbonyl (C=O) groups is 1. The molecule has 8 heteroatoms. The van der Waals surface area contributed by atoms with Crippen molar-refractivity contribution in [2.75, 3.05) is 30.4 Å². The van der Waals surface area contributed by atoms with Gasteiger partial charge in [-0.25, -0.2) is 4.98 Å². The van der Waals surface area contributed by atoms with E-state index in [9.17, 15) is 4.79 Å². The van der Waals surface area contributed by atoms with Gasteiger partial charge in [-0.05, 0) is 44.9 Å². The van der Waals surface area contributed by atoms with Crippen molar-refractivity contribution in [1.29, 1.82) is 0 Å². The first-order valence-electron chi connectivity index (χ1n) is 12.5. The van der Waals surface area contributed by atoms with Gasteiger partial charge in [-0.1, -0.05) is 66.2 Å². The molecule has 3 aromatic rings. The van der Waals surface area contributed by atoms with Crippen molar-refractivity contribution < 1.29 is 4.79 Å². The van der Waals surface area contributed by atoms with E-state index in [2.05, 4.69) is 28.8 Å². The van der Waals surface area contributed by atoms with E-state index in [-0.39, 0.29) is 12.5 Å². The number of nitrogens with one attached hydrogen (secondary N) is 2. The summed E-state index contributed by atoms with van der Waals surface area (Å²) >= 11 is 1.52. The first kappa shape index (κ1) is 22.9. The van der Waals surface area contributed by atoms with Gasteiger partial charge in [0.15, 0.2) is 5.82 Å². The molecule has 2 aliphatic carbocycles. The van der Waals surface area contributed by atoms with E-state index in [1.807, 2.05) is 34.7 Å². The van der Waals surface area contributed by atoms with Crippen molar-refractivity contribution in [1.82, 2.24) is 19.9 Å². The first-order valence-corrected chi connectivity index (χ1v) is 13.4. The molecular weight excluding hydrogens is 444 g/mol. The molecule has 0 radical (unpaired) electrons. The number of hydrogen-bond donors (Lipinski definition) is 2. The van der Waals surface area contributed by atoms with E-state index in [1.165, 1.54) is 68.3 Å². The Kier molecular flexibility index (Phi) is 7.13. The monoisotopic (exact) mass is 478 g/mol. The normalized spacial score (nSPS) is 16.6. The SMILES string of the molecule is CN(CC(=O)NCCC1=CCCCC1)c1nn2c(NC3CCCC3)c(-c3ccccc3)nc2s1. The maximum atomic E-state index is 12.5. The highest BCUT2D eigenvalue weighted by Gasteiger charge is 2.23. The van der Waals surface area contributed by atoms with Gasteiger partial charge in [0.05, 0.1) is 6.54 Å². The lowest BCUT2D eigenvalue weighted by Crippen LogP contribution is -2.35. The minimum absolute atomic E-state index is 0.0287. The van der Waals surface area contributed by atoms with Crippen molar-refractivity contribution in [2.24, 2.45) is 0 Å². The van der Waals surface area contributed by atoms with Crippen LogP contribution in [0.25, 0.3) is 16.2 Å². The van der Waals surface area contributed by atoms with E-state index in [0.29, 0.717) is 12.6 Å². The van der Waals surface area contributed by atoms with Crippen LogP contribution in [-0.2, 0) is 4.79 Å². The van der Waals surface area contributed by atoms with Gasteiger partial charge in [-0.2, -0.15) is 4.52 Å². The van der Waals surface area contributed by atoms with Gasteiger partial charge in [-0.15, -0.1) is 5.10 Å². The number of aromatic nitrogens is 3. The lowest BCUT2D eigenvalue weighted by atomic mass is 9.97. The van der Waals surface area contributed by atoms with Crippen molar-refractivity contribution in [2.45, 2.75) is 63.8 Å². The fourth-order valence-electron chi connectivity index (χ4n) is 4.92. The highest BCUT2D eigenvalue weighted by Crippen LogP contribution is 2.35. The minimum atomic E-state index is 0.0287. The van der Waals surface area contributed by atoms with Crippen LogP contribution in [0.2, 0.25) is 0 Å². The number of amides is 1. The van der Waals surface area contributed by atoms with Crippen LogP contribution in [0.5, 0.6) is 0 Å². The molecule has 2 N–H and O–H groups in total. The molecule has 1 aromatic carbocycles. The van der Waals surface area contributed by atoms with Crippen LogP contribution in [-0.4, -0.2) is 46.7 Å². The summed E-state index contributed by atoms with van der Waals surface area (Å²) in [7, 11) is 1.92. The second-order valence-electron chi connectivity index (χ2n) is 9.44. The Morgan fingerprint density at radius 2 is 2.00 bits per heavy atom. The summed E-state index contributed by atoms with van der Waals surface area (Å²) in [5.74, 6) is 0.982. The Balaban J connectivity index is 1.28. The molecule has 1 amide bonds. The molecule has 2 aromatic heterocycles. The van der Waals surface area contributed by atoms with Gasteiger partial charge >= 0.3 is 0 Å². The maximum absolute atomic E-state index is 12.5. The van der Waals surface area contributed by atoms with Crippen molar-refractivity contribution >= 4 is 33.2 Å². The quantitative estimate of drug-likeness (QED) is 0.411. The average molecular weight is 479 g/mol. The third kappa shape index (κ3) is 5.27. The maximum Gasteiger partial charge on any atom is 0.239 e. The standard InChI is InChI=1S/C26H34N6OS/c1-31(18-22(33)27-17-16-19-10-4-2-5-11-19)26-30-32-24(28-21-14-8-9-15-21)23(29-25(32)34-26)20-12-6-3-7-13-20/h3,6-7,10,12-13,21,28H,2,4-5,8-9,11,14-18H2,1H3,(H,27,33). The Bertz CT molecular complexity index is 1140. The second kappa shape index (κ2) is 10.6. The second-order valence-corrected chi connectivity index (χ2v) is 10.4. The zero-order chi connectivity index (χ0) is 23.3. The molecule has 5 rings (SSSR count). The summed E-state index contributed by atoms with van der Waals surface area (Å²) < 4.78 is 1.92. The largest absolute Gasteiger partial charge is 0.365 e. The van der Waals surface area contributed by atoms with E-state index < -0.39 is 0 Å². The van der Waals surface area contributed by atoms with Crippen LogP contribution in [0.4, 0.5) is 10.9 Å². The van der Waals surface area contributed by atoms with Gasteiger partial charge in [0.25, 0.3) is 0 Å². The van der Waals surface area contributed by atoms with E-state index >= 15 is 0 Å². The fourth-order valence-corrected chi connectivity index (χ4v) is 5.78. The summed E-state index contributed by atoms with van der Waals surface area (Å²) in [6.07, 6.45) is 13.1. The number of benzene rings is 1. The molecule has 0 unspecified atom stereocenters. The van der Waals surface area contributed by atoms with Crippen LogP contribution in [0.3, 0.4) is 0 Å². The Morgan fingerprint density at radius 3 is 2.76 bits per heavy atom. The molecule has 1 fully saturated rings. The third-order valence-corrected chi connectivity index (χ3v) is 7.82. The van der Waals surface area contributed by atoms with E-state index in [0.717, 1.165) is 33.6 Å². The number of rotatable bonds is 9. The molecule has 2 heterocycles. The average Bonchev–Trinajstić information content (AvgIpc) is 3.58. The molecule has 180 valence electrons. The summed E-state index contributed by atoms with van der Waals surface area (Å²) in [6.45, 7) is 0.988. The lowest BCUT2D eigenvalue weighted by Gasteiger charge is -2.16. The third-order valence-electron chi connectivity index (χ3n) is 6.80. The molecular formula is C26H34N6OS. The van der Waals surface area contributed by atoms with Crippen molar-refractivity contribution in [3.63, 3.8) is 0 Å². The highest BCUT2D eigenvalue weighted by atomic mass is 32.1. The number of carbonyl (C=O) groups excluding carboxylic acids is 1. The molecule has 0 bridgehead atoms. The molecule has 34 heavy (non-hydrogen) atoms. The van der Waals surface area contributed by atoms with Gasteiger partial charge in [0, 0.05) is 25.2 Å². The minimum Gasteiger partial charge on any atom is -0.365 e. The summed E-state index contributed by atoms with van der Waals surface area (Å²) in [5.41, 5.74) is 3.51. The summed E-state index contributed by atoms with van der Waals surface area (Å²) in [5, 5.41) is 12.4. The zero-order valence-electron chi connectivity index (χ0n) is 19.9. The highest BCUT2D eigenvalue weighted by molar-refractivity contribution is 7.20. The van der Waals surface area contributed by atoms with Gasteiger partial charge < -0.3 is 15.5 Å². The molecule has 0 aliphatic heterocycles. The Hall–Kier alpha value is -2.87. The lowest BCUT2D eigenvalue weighted by molar-refractivity contribution is -0.119. The number of imidazole rings is 1. The zero-order valence-corrected chi connectivity index (χ0v) is 20.7. The Morgan fingerprint density at radius 1 is 1.18 bits per heavy atom. The smallest absolute Gasteiger partial charge is 0.239 e. The predicted molar refractivity (Wildman–Crippen MR) is 140 cm³/mol. The van der Waals surface area contributed by atoms with Gasteiger partial charge in [0.2, 0.25) is 16.0 Å². The first-order chi connectivity index (χ1) is 16.7. The molecule has 7 nitrogen and oxygen atoms in total. The molecule has 1 saturated carbocycles. The molecule has 0 spiro atoms. The van der Waals surface area contributed by atoms with Crippen LogP contribution in [0, 0.1) is 0 Å². The van der Waals surface area contributed by atoms with E-state index in [1.54, 1.807) is 0 Å².